The van der Waals surface area contributed by atoms with Crippen molar-refractivity contribution in [2.24, 2.45) is 0 Å². The number of carbonyl (C=O) groups is 2. The molecule has 0 spiro atoms. The molecule has 102 valence electrons. The molecule has 1 aromatic rings. The normalized spacial score (nSPS) is 21.7. The molecule has 0 amide bonds. The topological polar surface area (TPSA) is 63.6 Å². The second kappa shape index (κ2) is 4.68. The molecule has 0 aliphatic carbocycles. The van der Waals surface area contributed by atoms with Gasteiger partial charge in [-0.3, -0.25) is 9.59 Å². The number of carbonyl (C=O) groups excluding carboxylic acids is 1. The first kappa shape index (κ1) is 13.6. The summed E-state index contributed by atoms with van der Waals surface area (Å²) in [4.78, 5) is 22.9. The van der Waals surface area contributed by atoms with Crippen LogP contribution >= 0.6 is 0 Å². The predicted molar refractivity (Wildman–Crippen MR) is 70.8 cm³/mol. The van der Waals surface area contributed by atoms with E-state index in [1.807, 2.05) is 26.0 Å². The van der Waals surface area contributed by atoms with Crippen LogP contribution in [0.1, 0.15) is 47.7 Å². The Morgan fingerprint density at radius 2 is 2.11 bits per heavy atom. The highest BCUT2D eigenvalue weighted by molar-refractivity contribution is 6.01. The third-order valence-corrected chi connectivity index (χ3v) is 3.47. The average Bonchev–Trinajstić information content (AvgIpc) is 2.29. The van der Waals surface area contributed by atoms with Crippen LogP contribution in [0.2, 0.25) is 0 Å². The number of ether oxygens (including phenoxy) is 1. The van der Waals surface area contributed by atoms with Gasteiger partial charge in [0.15, 0.2) is 5.78 Å². The molecule has 0 aromatic heterocycles. The number of ketones is 1. The van der Waals surface area contributed by atoms with E-state index >= 15 is 0 Å². The Balaban J connectivity index is 2.33. The molecule has 19 heavy (non-hydrogen) atoms. The van der Waals surface area contributed by atoms with Crippen molar-refractivity contribution in [2.75, 3.05) is 0 Å². The summed E-state index contributed by atoms with van der Waals surface area (Å²) in [6.07, 6.45) is 0.570. The Labute approximate surface area is 112 Å². The van der Waals surface area contributed by atoms with E-state index in [4.69, 9.17) is 9.84 Å². The summed E-state index contributed by atoms with van der Waals surface area (Å²) in [6, 6.07) is 3.80. The summed E-state index contributed by atoms with van der Waals surface area (Å²) in [6.45, 7) is 5.65. The second-order valence-corrected chi connectivity index (χ2v) is 5.50. The van der Waals surface area contributed by atoms with Crippen LogP contribution in [-0.4, -0.2) is 22.5 Å². The van der Waals surface area contributed by atoms with Gasteiger partial charge < -0.3 is 9.84 Å². The van der Waals surface area contributed by atoms with Crippen LogP contribution in [0.25, 0.3) is 0 Å². The summed E-state index contributed by atoms with van der Waals surface area (Å²) in [5.74, 6) is -0.237. The SMILES string of the molecule is Cc1cc(C)c2c(c1)C(=O)CC(C)(CCC(=O)O)O2. The van der Waals surface area contributed by atoms with E-state index in [0.29, 0.717) is 17.7 Å². The van der Waals surface area contributed by atoms with Crippen LogP contribution in [0.4, 0.5) is 0 Å². The van der Waals surface area contributed by atoms with Gasteiger partial charge in [-0.25, -0.2) is 0 Å². The molecule has 1 aliphatic heterocycles. The molecule has 0 radical (unpaired) electrons. The van der Waals surface area contributed by atoms with E-state index in [2.05, 4.69) is 0 Å². The van der Waals surface area contributed by atoms with Gasteiger partial charge in [0.25, 0.3) is 0 Å². The van der Waals surface area contributed by atoms with Gasteiger partial charge in [-0.05, 0) is 44.4 Å². The minimum atomic E-state index is -0.872. The number of Topliss-reactive ketones (excluding diaryl/α,β-unsaturated/α-hetero) is 1. The monoisotopic (exact) mass is 262 g/mol. The van der Waals surface area contributed by atoms with E-state index < -0.39 is 11.6 Å². The lowest BCUT2D eigenvalue weighted by molar-refractivity contribution is -0.138. The molecular formula is C15H18O4. The fraction of sp³-hybridized carbons (Fsp3) is 0.467. The first-order valence-electron chi connectivity index (χ1n) is 6.36. The van der Waals surface area contributed by atoms with Crippen LogP contribution < -0.4 is 4.74 Å². The largest absolute Gasteiger partial charge is 0.486 e. The Kier molecular flexibility index (Phi) is 3.35. The van der Waals surface area contributed by atoms with E-state index in [-0.39, 0.29) is 18.6 Å². The van der Waals surface area contributed by atoms with Gasteiger partial charge in [-0.15, -0.1) is 0 Å². The first-order chi connectivity index (χ1) is 8.81. The van der Waals surface area contributed by atoms with Gasteiger partial charge in [0, 0.05) is 6.42 Å². The molecule has 1 atom stereocenters. The summed E-state index contributed by atoms with van der Waals surface area (Å²) < 4.78 is 5.94. The van der Waals surface area contributed by atoms with Gasteiger partial charge >= 0.3 is 5.97 Å². The maximum Gasteiger partial charge on any atom is 0.303 e. The van der Waals surface area contributed by atoms with Crippen molar-refractivity contribution in [2.45, 2.75) is 45.6 Å². The van der Waals surface area contributed by atoms with Crippen molar-refractivity contribution < 1.29 is 19.4 Å². The molecule has 1 heterocycles. The lowest BCUT2D eigenvalue weighted by Gasteiger charge is -2.35. The highest BCUT2D eigenvalue weighted by Gasteiger charge is 2.37. The molecule has 1 N–H and O–H groups in total. The standard InChI is InChI=1S/C15H18O4/c1-9-6-10(2)14-11(7-9)12(16)8-15(3,19-14)5-4-13(17)18/h6-7H,4-5,8H2,1-3H3,(H,17,18). The summed E-state index contributed by atoms with van der Waals surface area (Å²) in [5, 5.41) is 8.77. The molecule has 0 bridgehead atoms. The quantitative estimate of drug-likeness (QED) is 0.909. The average molecular weight is 262 g/mol. The van der Waals surface area contributed by atoms with Crippen LogP contribution in [0.15, 0.2) is 12.1 Å². The Morgan fingerprint density at radius 1 is 1.42 bits per heavy atom. The second-order valence-electron chi connectivity index (χ2n) is 5.50. The van der Waals surface area contributed by atoms with E-state index in [9.17, 15) is 9.59 Å². The molecule has 0 saturated carbocycles. The first-order valence-corrected chi connectivity index (χ1v) is 6.36. The molecule has 1 aliphatic rings. The minimum Gasteiger partial charge on any atom is -0.486 e. The molecule has 4 nitrogen and oxygen atoms in total. The third kappa shape index (κ3) is 2.78. The van der Waals surface area contributed by atoms with Crippen molar-refractivity contribution in [3.63, 3.8) is 0 Å². The number of aryl methyl sites for hydroxylation is 2. The van der Waals surface area contributed by atoms with Crippen LogP contribution in [-0.2, 0) is 4.79 Å². The molecule has 0 saturated heterocycles. The van der Waals surface area contributed by atoms with Gasteiger partial charge in [0.1, 0.15) is 11.4 Å². The zero-order valence-corrected chi connectivity index (χ0v) is 11.4. The van der Waals surface area contributed by atoms with E-state index in [1.54, 1.807) is 6.92 Å². The van der Waals surface area contributed by atoms with Gasteiger partial charge in [0.2, 0.25) is 0 Å². The Bertz CT molecular complexity index is 547. The van der Waals surface area contributed by atoms with E-state index in [1.165, 1.54) is 0 Å². The number of carboxylic acids is 1. The molecule has 2 rings (SSSR count). The summed E-state index contributed by atoms with van der Waals surface area (Å²) in [7, 11) is 0. The molecule has 4 heteroatoms. The fourth-order valence-corrected chi connectivity index (χ4v) is 2.53. The Morgan fingerprint density at radius 3 is 2.74 bits per heavy atom. The number of hydrogen-bond donors (Lipinski definition) is 1. The Hall–Kier alpha value is -1.84. The number of fused-ring (bicyclic) bond motifs is 1. The number of aliphatic carboxylic acids is 1. The number of benzene rings is 1. The minimum absolute atomic E-state index is 0.00399. The predicted octanol–water partition coefficient (Wildman–Crippen LogP) is 2.89. The van der Waals surface area contributed by atoms with Crippen molar-refractivity contribution in [3.05, 3.63) is 28.8 Å². The third-order valence-electron chi connectivity index (χ3n) is 3.47. The zero-order chi connectivity index (χ0) is 14.2. The van der Waals surface area contributed by atoms with Crippen LogP contribution in [0, 0.1) is 13.8 Å². The maximum absolute atomic E-state index is 12.2. The lowest BCUT2D eigenvalue weighted by atomic mass is 9.86. The van der Waals surface area contributed by atoms with Gasteiger partial charge in [-0.2, -0.15) is 0 Å². The maximum atomic E-state index is 12.2. The van der Waals surface area contributed by atoms with Crippen molar-refractivity contribution >= 4 is 11.8 Å². The van der Waals surface area contributed by atoms with Crippen molar-refractivity contribution in [1.82, 2.24) is 0 Å². The highest BCUT2D eigenvalue weighted by Crippen LogP contribution is 2.38. The zero-order valence-electron chi connectivity index (χ0n) is 11.4. The molecule has 1 aromatic carbocycles. The van der Waals surface area contributed by atoms with Crippen molar-refractivity contribution in [3.8, 4) is 5.75 Å². The van der Waals surface area contributed by atoms with Crippen molar-refractivity contribution in [1.29, 1.82) is 0 Å². The lowest BCUT2D eigenvalue weighted by Crippen LogP contribution is -2.40. The number of carboxylic acid groups (broad SMARTS) is 1. The molecule has 0 fully saturated rings. The summed E-state index contributed by atoms with van der Waals surface area (Å²) >= 11 is 0. The van der Waals surface area contributed by atoms with Crippen LogP contribution in [0.5, 0.6) is 5.75 Å². The smallest absolute Gasteiger partial charge is 0.303 e. The van der Waals surface area contributed by atoms with E-state index in [0.717, 1.165) is 11.1 Å². The van der Waals surface area contributed by atoms with Gasteiger partial charge in [-0.1, -0.05) is 6.07 Å². The number of hydrogen-bond acceptors (Lipinski definition) is 3. The molecular weight excluding hydrogens is 244 g/mol. The van der Waals surface area contributed by atoms with Crippen LogP contribution in [0.3, 0.4) is 0 Å². The van der Waals surface area contributed by atoms with Gasteiger partial charge in [0.05, 0.1) is 12.0 Å². The molecule has 1 unspecified atom stereocenters. The number of rotatable bonds is 3. The fourth-order valence-electron chi connectivity index (χ4n) is 2.53. The highest BCUT2D eigenvalue weighted by atomic mass is 16.5. The summed E-state index contributed by atoms with van der Waals surface area (Å²) in [5.41, 5.74) is 1.85.